The smallest absolute Gasteiger partial charge is 0.225 e. The Bertz CT molecular complexity index is 326. The summed E-state index contributed by atoms with van der Waals surface area (Å²) in [5.41, 5.74) is 0. The predicted octanol–water partition coefficient (Wildman–Crippen LogP) is -0.424. The van der Waals surface area contributed by atoms with Crippen LogP contribution >= 0.6 is 0 Å². The molecule has 2 heterocycles. The molecule has 19 heavy (non-hydrogen) atoms. The molecular weight excluding hydrogens is 244 g/mol. The third-order valence-electron chi connectivity index (χ3n) is 5.11. The fourth-order valence-electron chi connectivity index (χ4n) is 3.91. The summed E-state index contributed by atoms with van der Waals surface area (Å²) in [5.74, 6) is 1.23. The van der Waals surface area contributed by atoms with E-state index in [1.165, 1.54) is 0 Å². The number of carbonyl (C=O) groups excluding carboxylic acids is 1. The first-order chi connectivity index (χ1) is 9.15. The van der Waals surface area contributed by atoms with Gasteiger partial charge < -0.3 is 20.4 Å². The summed E-state index contributed by atoms with van der Waals surface area (Å²) in [7, 11) is 0. The quantitative estimate of drug-likeness (QED) is 0.604. The van der Waals surface area contributed by atoms with E-state index in [4.69, 9.17) is 0 Å². The SMILES string of the molecule is O=C(C1CCNCC1)N1C[C@H]2C[C@H](O)[C@@H](O)C[C@H]2C1. The van der Waals surface area contributed by atoms with Gasteiger partial charge in [-0.2, -0.15) is 0 Å². The van der Waals surface area contributed by atoms with Crippen molar-refractivity contribution >= 4 is 5.91 Å². The van der Waals surface area contributed by atoms with Gasteiger partial charge in [0.15, 0.2) is 0 Å². The van der Waals surface area contributed by atoms with E-state index in [9.17, 15) is 15.0 Å². The molecule has 2 aliphatic heterocycles. The first-order valence-electron chi connectivity index (χ1n) is 7.51. The number of nitrogens with zero attached hydrogens (tertiary/aromatic N) is 1. The first-order valence-corrected chi connectivity index (χ1v) is 7.51. The molecule has 0 spiro atoms. The van der Waals surface area contributed by atoms with Crippen molar-refractivity contribution in [3.05, 3.63) is 0 Å². The summed E-state index contributed by atoms with van der Waals surface area (Å²) < 4.78 is 0. The lowest BCUT2D eigenvalue weighted by Crippen LogP contribution is -2.40. The van der Waals surface area contributed by atoms with Gasteiger partial charge >= 0.3 is 0 Å². The number of carbonyl (C=O) groups is 1. The number of hydrogen-bond acceptors (Lipinski definition) is 4. The van der Waals surface area contributed by atoms with E-state index in [0.717, 1.165) is 39.0 Å². The Hall–Kier alpha value is -0.650. The molecule has 0 bridgehead atoms. The molecule has 0 aromatic heterocycles. The van der Waals surface area contributed by atoms with Gasteiger partial charge in [-0.3, -0.25) is 4.79 Å². The van der Waals surface area contributed by atoms with Gasteiger partial charge in [0.25, 0.3) is 0 Å². The number of aliphatic hydroxyl groups is 2. The molecule has 0 aromatic carbocycles. The molecule has 1 amide bonds. The lowest BCUT2D eigenvalue weighted by Gasteiger charge is -2.31. The average Bonchev–Trinajstić information content (AvgIpc) is 2.82. The minimum absolute atomic E-state index is 0.177. The van der Waals surface area contributed by atoms with Crippen molar-refractivity contribution in [1.29, 1.82) is 0 Å². The Labute approximate surface area is 114 Å². The fourth-order valence-corrected chi connectivity index (χ4v) is 3.91. The van der Waals surface area contributed by atoms with Crippen LogP contribution in [0.25, 0.3) is 0 Å². The first kappa shape index (κ1) is 13.3. The molecule has 1 saturated carbocycles. The van der Waals surface area contributed by atoms with Crippen molar-refractivity contribution in [3.63, 3.8) is 0 Å². The number of fused-ring (bicyclic) bond motifs is 1. The van der Waals surface area contributed by atoms with E-state index >= 15 is 0 Å². The van der Waals surface area contributed by atoms with Crippen LogP contribution in [0.1, 0.15) is 25.7 Å². The van der Waals surface area contributed by atoms with Gasteiger partial charge in [0.2, 0.25) is 5.91 Å². The van der Waals surface area contributed by atoms with Crippen LogP contribution in [0.4, 0.5) is 0 Å². The van der Waals surface area contributed by atoms with E-state index < -0.39 is 12.2 Å². The summed E-state index contributed by atoms with van der Waals surface area (Å²) in [6.07, 6.45) is 1.96. The molecule has 4 atom stereocenters. The normalized spacial score (nSPS) is 40.2. The zero-order valence-electron chi connectivity index (χ0n) is 11.3. The highest BCUT2D eigenvalue weighted by Gasteiger charge is 2.43. The number of rotatable bonds is 1. The maximum absolute atomic E-state index is 12.5. The molecule has 3 N–H and O–H groups in total. The van der Waals surface area contributed by atoms with Crippen LogP contribution in [-0.2, 0) is 4.79 Å². The van der Waals surface area contributed by atoms with Crippen LogP contribution in [0.5, 0.6) is 0 Å². The molecular formula is C14H24N2O3. The second kappa shape index (κ2) is 5.38. The predicted molar refractivity (Wildman–Crippen MR) is 70.4 cm³/mol. The number of aliphatic hydroxyl groups excluding tert-OH is 2. The summed E-state index contributed by atoms with van der Waals surface area (Å²) in [5, 5.41) is 22.8. The minimum atomic E-state index is -0.602. The highest BCUT2D eigenvalue weighted by molar-refractivity contribution is 5.79. The lowest BCUT2D eigenvalue weighted by atomic mass is 9.79. The summed E-state index contributed by atoms with van der Waals surface area (Å²) in [6, 6.07) is 0. The third kappa shape index (κ3) is 2.64. The second-order valence-electron chi connectivity index (χ2n) is 6.39. The van der Waals surface area contributed by atoms with Crippen LogP contribution in [-0.4, -0.2) is 59.4 Å². The van der Waals surface area contributed by atoms with Crippen molar-refractivity contribution in [2.75, 3.05) is 26.2 Å². The highest BCUT2D eigenvalue weighted by Crippen LogP contribution is 2.37. The molecule has 2 saturated heterocycles. The Balaban J connectivity index is 1.60. The van der Waals surface area contributed by atoms with Crippen molar-refractivity contribution < 1.29 is 15.0 Å². The molecule has 108 valence electrons. The van der Waals surface area contributed by atoms with Gasteiger partial charge in [0, 0.05) is 19.0 Å². The number of piperidine rings is 1. The topological polar surface area (TPSA) is 72.8 Å². The van der Waals surface area contributed by atoms with Crippen molar-refractivity contribution in [1.82, 2.24) is 10.2 Å². The molecule has 3 aliphatic rings. The van der Waals surface area contributed by atoms with Crippen LogP contribution < -0.4 is 5.32 Å². The maximum Gasteiger partial charge on any atom is 0.225 e. The zero-order valence-corrected chi connectivity index (χ0v) is 11.3. The molecule has 3 rings (SSSR count). The van der Waals surface area contributed by atoms with E-state index in [2.05, 4.69) is 5.32 Å². The van der Waals surface area contributed by atoms with Gasteiger partial charge in [-0.1, -0.05) is 0 Å². The highest BCUT2D eigenvalue weighted by atomic mass is 16.3. The van der Waals surface area contributed by atoms with Gasteiger partial charge in [-0.25, -0.2) is 0 Å². The Morgan fingerprint density at radius 3 is 2.05 bits per heavy atom. The van der Waals surface area contributed by atoms with E-state index in [0.29, 0.717) is 30.6 Å². The molecule has 5 nitrogen and oxygen atoms in total. The maximum atomic E-state index is 12.5. The van der Waals surface area contributed by atoms with E-state index in [1.807, 2.05) is 4.90 Å². The number of hydrogen-bond donors (Lipinski definition) is 3. The molecule has 0 aromatic rings. The average molecular weight is 268 g/mol. The molecule has 0 unspecified atom stereocenters. The third-order valence-corrected chi connectivity index (χ3v) is 5.11. The molecule has 3 fully saturated rings. The lowest BCUT2D eigenvalue weighted by molar-refractivity contribution is -0.135. The summed E-state index contributed by atoms with van der Waals surface area (Å²) in [4.78, 5) is 14.5. The molecule has 1 aliphatic carbocycles. The van der Waals surface area contributed by atoms with Crippen LogP contribution in [0.3, 0.4) is 0 Å². The van der Waals surface area contributed by atoms with Crippen molar-refractivity contribution in [2.45, 2.75) is 37.9 Å². The Morgan fingerprint density at radius 2 is 1.53 bits per heavy atom. The molecule has 5 heteroatoms. The molecule has 0 radical (unpaired) electrons. The minimum Gasteiger partial charge on any atom is -0.390 e. The second-order valence-corrected chi connectivity index (χ2v) is 6.39. The standard InChI is InChI=1S/C14H24N2O3/c17-12-5-10-7-16(8-11(10)6-13(12)18)14(19)9-1-3-15-4-2-9/h9-13,15,17-18H,1-8H2/t10-,11+,12-,13-/m0/s1. The largest absolute Gasteiger partial charge is 0.390 e. The number of amides is 1. The fraction of sp³-hybridized carbons (Fsp3) is 0.929. The van der Waals surface area contributed by atoms with Crippen LogP contribution in [0.2, 0.25) is 0 Å². The van der Waals surface area contributed by atoms with E-state index in [-0.39, 0.29) is 5.92 Å². The Morgan fingerprint density at radius 1 is 1.00 bits per heavy atom. The van der Waals surface area contributed by atoms with Gasteiger partial charge in [-0.15, -0.1) is 0 Å². The van der Waals surface area contributed by atoms with Crippen molar-refractivity contribution in [3.8, 4) is 0 Å². The monoisotopic (exact) mass is 268 g/mol. The van der Waals surface area contributed by atoms with Gasteiger partial charge in [0.1, 0.15) is 0 Å². The van der Waals surface area contributed by atoms with Gasteiger partial charge in [0.05, 0.1) is 12.2 Å². The number of nitrogens with one attached hydrogen (secondary N) is 1. The summed E-state index contributed by atoms with van der Waals surface area (Å²) >= 11 is 0. The number of likely N-dealkylation sites (tertiary alicyclic amines) is 1. The van der Waals surface area contributed by atoms with Crippen LogP contribution in [0, 0.1) is 17.8 Å². The van der Waals surface area contributed by atoms with Crippen molar-refractivity contribution in [2.24, 2.45) is 17.8 Å². The van der Waals surface area contributed by atoms with Crippen LogP contribution in [0.15, 0.2) is 0 Å². The zero-order chi connectivity index (χ0) is 13.4. The van der Waals surface area contributed by atoms with Gasteiger partial charge in [-0.05, 0) is 50.6 Å². The Kier molecular flexibility index (Phi) is 3.78. The van der Waals surface area contributed by atoms with E-state index in [1.54, 1.807) is 0 Å². The summed E-state index contributed by atoms with van der Waals surface area (Å²) in [6.45, 7) is 3.43.